The molecule has 1 heterocycles. The molecule has 0 aliphatic heterocycles. The zero-order valence-electron chi connectivity index (χ0n) is 5.84. The Balaban J connectivity index is 2.93. The Labute approximate surface area is 83.3 Å². The van der Waals surface area contributed by atoms with Crippen molar-refractivity contribution in [1.82, 2.24) is 9.97 Å². The molecule has 0 aliphatic rings. The van der Waals surface area contributed by atoms with E-state index in [1.807, 2.05) is 6.92 Å². The highest BCUT2D eigenvalue weighted by atomic mass is 127. The molecule has 1 rings (SSSR count). The van der Waals surface area contributed by atoms with Gasteiger partial charge in [0.25, 0.3) is 0 Å². The van der Waals surface area contributed by atoms with Crippen molar-refractivity contribution in [2.24, 2.45) is 0 Å². The van der Waals surface area contributed by atoms with Gasteiger partial charge in [-0.15, -0.1) is 0 Å². The third kappa shape index (κ3) is 2.44. The Morgan fingerprint density at radius 3 is 3.09 bits per heavy atom. The van der Waals surface area contributed by atoms with Crippen LogP contribution in [0.5, 0.6) is 5.88 Å². The van der Waals surface area contributed by atoms with Gasteiger partial charge in [-0.2, -0.15) is 4.98 Å². The minimum Gasteiger partial charge on any atom is -0.477 e. The van der Waals surface area contributed by atoms with E-state index in [-0.39, 0.29) is 5.28 Å². The third-order valence-corrected chi connectivity index (χ3v) is 1.89. The van der Waals surface area contributed by atoms with Crippen molar-refractivity contribution < 1.29 is 4.74 Å². The van der Waals surface area contributed by atoms with E-state index in [4.69, 9.17) is 16.3 Å². The van der Waals surface area contributed by atoms with E-state index < -0.39 is 0 Å². The molecule has 0 aromatic carbocycles. The SMILES string of the molecule is CCOc1nc(Cl)ncc1I. The van der Waals surface area contributed by atoms with E-state index in [1.54, 1.807) is 6.20 Å². The summed E-state index contributed by atoms with van der Waals surface area (Å²) in [7, 11) is 0. The highest BCUT2D eigenvalue weighted by Crippen LogP contribution is 2.17. The average Bonchev–Trinajstić information content (AvgIpc) is 1.98. The van der Waals surface area contributed by atoms with Crippen LogP contribution in [0.3, 0.4) is 0 Å². The smallest absolute Gasteiger partial charge is 0.231 e. The molecule has 0 bridgehead atoms. The highest BCUT2D eigenvalue weighted by Gasteiger charge is 2.02. The number of rotatable bonds is 2. The maximum Gasteiger partial charge on any atom is 0.231 e. The van der Waals surface area contributed by atoms with Crippen LogP contribution >= 0.6 is 34.2 Å². The summed E-state index contributed by atoms with van der Waals surface area (Å²) in [5.41, 5.74) is 0. The molecule has 0 spiro atoms. The zero-order chi connectivity index (χ0) is 8.27. The predicted molar refractivity (Wildman–Crippen MR) is 50.9 cm³/mol. The Morgan fingerprint density at radius 1 is 1.73 bits per heavy atom. The second-order valence-corrected chi connectivity index (χ2v) is 3.23. The Hall–Kier alpha value is -0.100. The summed E-state index contributed by atoms with van der Waals surface area (Å²) < 4.78 is 6.04. The Kier molecular flexibility index (Phi) is 3.32. The van der Waals surface area contributed by atoms with E-state index in [0.29, 0.717) is 12.5 Å². The summed E-state index contributed by atoms with van der Waals surface area (Å²) in [5.74, 6) is 0.549. The van der Waals surface area contributed by atoms with Gasteiger partial charge in [0.1, 0.15) is 0 Å². The van der Waals surface area contributed by atoms with Gasteiger partial charge in [-0.25, -0.2) is 4.98 Å². The molecule has 0 saturated heterocycles. The summed E-state index contributed by atoms with van der Waals surface area (Å²) in [6.45, 7) is 2.48. The van der Waals surface area contributed by atoms with Crippen molar-refractivity contribution in [3.05, 3.63) is 15.1 Å². The lowest BCUT2D eigenvalue weighted by Gasteiger charge is -2.02. The van der Waals surface area contributed by atoms with Gasteiger partial charge in [-0.3, -0.25) is 0 Å². The van der Waals surface area contributed by atoms with Crippen LogP contribution in [-0.4, -0.2) is 16.6 Å². The van der Waals surface area contributed by atoms with Crippen LogP contribution in [0.4, 0.5) is 0 Å². The second kappa shape index (κ2) is 4.06. The molecule has 0 fully saturated rings. The van der Waals surface area contributed by atoms with Crippen molar-refractivity contribution in [3.8, 4) is 5.88 Å². The number of hydrogen-bond donors (Lipinski definition) is 0. The summed E-state index contributed by atoms with van der Waals surface area (Å²) in [6.07, 6.45) is 1.63. The molecule has 0 unspecified atom stereocenters. The number of halogens is 2. The zero-order valence-corrected chi connectivity index (χ0v) is 8.76. The van der Waals surface area contributed by atoms with Gasteiger partial charge >= 0.3 is 0 Å². The lowest BCUT2D eigenvalue weighted by atomic mass is 10.6. The molecule has 0 amide bonds. The predicted octanol–water partition coefficient (Wildman–Crippen LogP) is 2.13. The summed E-state index contributed by atoms with van der Waals surface area (Å²) in [4.78, 5) is 7.68. The first kappa shape index (κ1) is 8.99. The van der Waals surface area contributed by atoms with Crippen LogP contribution in [0.25, 0.3) is 0 Å². The topological polar surface area (TPSA) is 35.0 Å². The summed E-state index contributed by atoms with van der Waals surface area (Å²) >= 11 is 7.64. The minimum atomic E-state index is 0.217. The molecule has 0 atom stereocenters. The maximum absolute atomic E-state index is 5.55. The van der Waals surface area contributed by atoms with Gasteiger partial charge in [-0.1, -0.05) is 0 Å². The minimum absolute atomic E-state index is 0.217. The maximum atomic E-state index is 5.55. The van der Waals surface area contributed by atoms with Gasteiger partial charge in [0, 0.05) is 6.20 Å². The fourth-order valence-corrected chi connectivity index (χ4v) is 1.11. The molecular weight excluding hydrogens is 278 g/mol. The summed E-state index contributed by atoms with van der Waals surface area (Å²) in [5, 5.41) is 0.217. The van der Waals surface area contributed by atoms with Gasteiger partial charge in [-0.05, 0) is 41.1 Å². The van der Waals surface area contributed by atoms with Crippen molar-refractivity contribution in [3.63, 3.8) is 0 Å². The van der Waals surface area contributed by atoms with Crippen LogP contribution in [0, 0.1) is 3.57 Å². The molecule has 0 N–H and O–H groups in total. The van der Waals surface area contributed by atoms with Gasteiger partial charge < -0.3 is 4.74 Å². The largest absolute Gasteiger partial charge is 0.477 e. The lowest BCUT2D eigenvalue weighted by molar-refractivity contribution is 0.323. The van der Waals surface area contributed by atoms with E-state index in [0.717, 1.165) is 3.57 Å². The first-order valence-corrected chi connectivity index (χ1v) is 4.50. The fraction of sp³-hybridized carbons (Fsp3) is 0.333. The van der Waals surface area contributed by atoms with Gasteiger partial charge in [0.05, 0.1) is 10.2 Å². The number of nitrogens with zero attached hydrogens (tertiary/aromatic N) is 2. The molecule has 0 radical (unpaired) electrons. The number of ether oxygens (including phenoxy) is 1. The van der Waals surface area contributed by atoms with Crippen molar-refractivity contribution in [2.45, 2.75) is 6.92 Å². The van der Waals surface area contributed by atoms with Crippen LogP contribution < -0.4 is 4.74 Å². The van der Waals surface area contributed by atoms with Crippen LogP contribution in [0.2, 0.25) is 5.28 Å². The normalized spacial score (nSPS) is 9.73. The molecule has 1 aromatic rings. The van der Waals surface area contributed by atoms with E-state index in [1.165, 1.54) is 0 Å². The van der Waals surface area contributed by atoms with E-state index in [9.17, 15) is 0 Å². The van der Waals surface area contributed by atoms with Crippen LogP contribution in [-0.2, 0) is 0 Å². The molecule has 0 aliphatic carbocycles. The van der Waals surface area contributed by atoms with Gasteiger partial charge in [0.2, 0.25) is 11.2 Å². The third-order valence-electron chi connectivity index (χ3n) is 0.964. The van der Waals surface area contributed by atoms with Crippen LogP contribution in [0.1, 0.15) is 6.92 Å². The molecule has 3 nitrogen and oxygen atoms in total. The molecule has 11 heavy (non-hydrogen) atoms. The van der Waals surface area contributed by atoms with E-state index in [2.05, 4.69) is 32.6 Å². The van der Waals surface area contributed by atoms with E-state index >= 15 is 0 Å². The Bertz CT molecular complexity index is 256. The molecule has 60 valence electrons. The Morgan fingerprint density at radius 2 is 2.45 bits per heavy atom. The summed E-state index contributed by atoms with van der Waals surface area (Å²) in [6, 6.07) is 0. The lowest BCUT2D eigenvalue weighted by Crippen LogP contribution is -1.97. The number of hydrogen-bond acceptors (Lipinski definition) is 3. The molecule has 1 aromatic heterocycles. The monoisotopic (exact) mass is 284 g/mol. The average molecular weight is 284 g/mol. The molecular formula is C6H6ClIN2O. The first-order valence-electron chi connectivity index (χ1n) is 3.05. The standard InChI is InChI=1S/C6H6ClIN2O/c1-2-11-5-4(8)3-9-6(7)10-5/h3H,2H2,1H3. The fourth-order valence-electron chi connectivity index (χ4n) is 0.569. The molecule has 0 saturated carbocycles. The van der Waals surface area contributed by atoms with Crippen LogP contribution in [0.15, 0.2) is 6.20 Å². The number of aromatic nitrogens is 2. The second-order valence-electron chi connectivity index (χ2n) is 1.73. The first-order chi connectivity index (χ1) is 5.24. The van der Waals surface area contributed by atoms with Crippen molar-refractivity contribution in [1.29, 1.82) is 0 Å². The van der Waals surface area contributed by atoms with Crippen molar-refractivity contribution in [2.75, 3.05) is 6.61 Å². The highest BCUT2D eigenvalue weighted by molar-refractivity contribution is 14.1. The quantitative estimate of drug-likeness (QED) is 0.616. The molecule has 5 heteroatoms. The van der Waals surface area contributed by atoms with Crippen molar-refractivity contribution >= 4 is 34.2 Å². The van der Waals surface area contributed by atoms with Gasteiger partial charge in [0.15, 0.2) is 0 Å².